The fraction of sp³-hybridized carbons (Fsp3) is 0.625. The summed E-state index contributed by atoms with van der Waals surface area (Å²) in [5, 5.41) is 3.61. The van der Waals surface area contributed by atoms with E-state index in [0.717, 1.165) is 6.54 Å². The van der Waals surface area contributed by atoms with Crippen molar-refractivity contribution in [1.82, 2.24) is 0 Å². The normalized spacial score (nSPS) is 16.1. The average Bonchev–Trinajstić information content (AvgIpc) is 2.81. The van der Waals surface area contributed by atoms with Crippen LogP contribution >= 0.6 is 0 Å². The highest BCUT2D eigenvalue weighted by Crippen LogP contribution is 2.29. The summed E-state index contributed by atoms with van der Waals surface area (Å²) in [6, 6.07) is 8.71. The minimum atomic E-state index is 0.398. The molecule has 1 fully saturated rings. The summed E-state index contributed by atoms with van der Waals surface area (Å²) in [6.45, 7) is 10.3. The number of nitrogens with one attached hydrogen (secondary N) is 1. The fourth-order valence-corrected chi connectivity index (χ4v) is 2.43. The zero-order chi connectivity index (χ0) is 13.0. The molecule has 1 aromatic rings. The molecule has 0 unspecified atom stereocenters. The Morgan fingerprint density at radius 3 is 2.44 bits per heavy atom. The van der Waals surface area contributed by atoms with Gasteiger partial charge >= 0.3 is 0 Å². The molecular weight excluding hydrogens is 220 g/mol. The Morgan fingerprint density at radius 2 is 1.78 bits per heavy atom. The average molecular weight is 246 g/mol. The highest BCUT2D eigenvalue weighted by atomic mass is 15.2. The van der Waals surface area contributed by atoms with Crippen molar-refractivity contribution in [3.63, 3.8) is 0 Å². The molecule has 18 heavy (non-hydrogen) atoms. The molecule has 1 aliphatic heterocycles. The van der Waals surface area contributed by atoms with Crippen LogP contribution in [0.2, 0.25) is 0 Å². The fourth-order valence-electron chi connectivity index (χ4n) is 2.43. The summed E-state index contributed by atoms with van der Waals surface area (Å²) < 4.78 is 0. The Bertz CT molecular complexity index is 373. The maximum absolute atomic E-state index is 3.61. The highest BCUT2D eigenvalue weighted by Gasteiger charge is 2.15. The monoisotopic (exact) mass is 246 g/mol. The summed E-state index contributed by atoms with van der Waals surface area (Å²) in [5.74, 6) is 0. The van der Waals surface area contributed by atoms with Crippen molar-refractivity contribution in [2.75, 3.05) is 29.9 Å². The summed E-state index contributed by atoms with van der Waals surface area (Å²) in [7, 11) is 0. The third-order valence-electron chi connectivity index (χ3n) is 3.54. The summed E-state index contributed by atoms with van der Waals surface area (Å²) in [6.07, 6.45) is 3.86. The lowest BCUT2D eigenvalue weighted by Crippen LogP contribution is -2.20. The van der Waals surface area contributed by atoms with Crippen LogP contribution in [0.1, 0.15) is 40.0 Å². The molecule has 1 aliphatic rings. The van der Waals surface area contributed by atoms with Gasteiger partial charge in [0.05, 0.1) is 11.4 Å². The van der Waals surface area contributed by atoms with Crippen LogP contribution in [0.3, 0.4) is 0 Å². The predicted octanol–water partition coefficient (Wildman–Crippen LogP) is 4.13. The second-order valence-electron chi connectivity index (χ2n) is 6.45. The third kappa shape index (κ3) is 3.66. The molecule has 0 saturated carbocycles. The number of hydrogen-bond donors (Lipinski definition) is 1. The van der Waals surface area contributed by atoms with Gasteiger partial charge in [-0.25, -0.2) is 0 Å². The van der Waals surface area contributed by atoms with E-state index in [1.807, 2.05) is 0 Å². The summed E-state index contributed by atoms with van der Waals surface area (Å²) >= 11 is 0. The Morgan fingerprint density at radius 1 is 1.11 bits per heavy atom. The lowest BCUT2D eigenvalue weighted by atomic mass is 9.92. The van der Waals surface area contributed by atoms with Crippen LogP contribution in [0.4, 0.5) is 11.4 Å². The Labute approximate surface area is 111 Å². The van der Waals surface area contributed by atoms with E-state index in [2.05, 4.69) is 55.3 Å². The lowest BCUT2D eigenvalue weighted by Gasteiger charge is -2.23. The molecule has 1 saturated heterocycles. The van der Waals surface area contributed by atoms with E-state index in [-0.39, 0.29) is 0 Å². The molecule has 100 valence electrons. The maximum Gasteiger partial charge on any atom is 0.0602 e. The Balaban J connectivity index is 1.99. The molecule has 0 aromatic heterocycles. The first-order valence-electron chi connectivity index (χ1n) is 7.14. The molecule has 0 bridgehead atoms. The maximum atomic E-state index is 3.61. The van der Waals surface area contributed by atoms with Crippen molar-refractivity contribution in [3.8, 4) is 0 Å². The molecule has 0 amide bonds. The molecule has 0 aliphatic carbocycles. The number of nitrogens with zero attached hydrogens (tertiary/aromatic N) is 1. The van der Waals surface area contributed by atoms with Gasteiger partial charge in [-0.15, -0.1) is 0 Å². The number of para-hydroxylation sites is 2. The van der Waals surface area contributed by atoms with E-state index in [1.54, 1.807) is 0 Å². The predicted molar refractivity (Wildman–Crippen MR) is 80.5 cm³/mol. The molecule has 2 heteroatoms. The van der Waals surface area contributed by atoms with Crippen molar-refractivity contribution in [3.05, 3.63) is 24.3 Å². The molecule has 1 heterocycles. The first-order chi connectivity index (χ1) is 8.56. The van der Waals surface area contributed by atoms with E-state index in [4.69, 9.17) is 0 Å². The van der Waals surface area contributed by atoms with Crippen LogP contribution in [0.25, 0.3) is 0 Å². The van der Waals surface area contributed by atoms with Gasteiger partial charge in [-0.05, 0) is 36.8 Å². The van der Waals surface area contributed by atoms with Crippen LogP contribution in [0, 0.1) is 5.41 Å². The number of hydrogen-bond acceptors (Lipinski definition) is 2. The first kappa shape index (κ1) is 13.3. The van der Waals surface area contributed by atoms with E-state index in [9.17, 15) is 0 Å². The molecule has 2 rings (SSSR count). The number of anilines is 2. The molecular formula is C16H26N2. The second-order valence-corrected chi connectivity index (χ2v) is 6.45. The second kappa shape index (κ2) is 5.64. The SMILES string of the molecule is CC(C)(C)CCNc1ccccc1N1CCCC1. The van der Waals surface area contributed by atoms with Gasteiger partial charge in [-0.3, -0.25) is 0 Å². The molecule has 1 aromatic carbocycles. The van der Waals surface area contributed by atoms with Crippen molar-refractivity contribution in [1.29, 1.82) is 0 Å². The van der Waals surface area contributed by atoms with Crippen molar-refractivity contribution in [2.45, 2.75) is 40.0 Å². The van der Waals surface area contributed by atoms with Gasteiger partial charge in [-0.1, -0.05) is 32.9 Å². The van der Waals surface area contributed by atoms with Gasteiger partial charge in [0, 0.05) is 19.6 Å². The van der Waals surface area contributed by atoms with E-state index in [0.29, 0.717) is 5.41 Å². The van der Waals surface area contributed by atoms with Crippen LogP contribution < -0.4 is 10.2 Å². The summed E-state index contributed by atoms with van der Waals surface area (Å²) in [4.78, 5) is 2.50. The van der Waals surface area contributed by atoms with Gasteiger partial charge in [0.25, 0.3) is 0 Å². The number of benzene rings is 1. The van der Waals surface area contributed by atoms with Gasteiger partial charge in [0.2, 0.25) is 0 Å². The van der Waals surface area contributed by atoms with E-state index in [1.165, 1.54) is 43.7 Å². The molecule has 2 nitrogen and oxygen atoms in total. The van der Waals surface area contributed by atoms with E-state index >= 15 is 0 Å². The molecule has 0 radical (unpaired) electrons. The molecule has 0 atom stereocenters. The standard InChI is InChI=1S/C16H26N2/c1-16(2,3)10-11-17-14-8-4-5-9-15(14)18-12-6-7-13-18/h4-5,8-9,17H,6-7,10-13H2,1-3H3. The topological polar surface area (TPSA) is 15.3 Å². The highest BCUT2D eigenvalue weighted by molar-refractivity contribution is 5.70. The van der Waals surface area contributed by atoms with E-state index < -0.39 is 0 Å². The molecule has 0 spiro atoms. The van der Waals surface area contributed by atoms with Crippen LogP contribution in [0.5, 0.6) is 0 Å². The van der Waals surface area contributed by atoms with Crippen LogP contribution in [-0.4, -0.2) is 19.6 Å². The van der Waals surface area contributed by atoms with Gasteiger partial charge in [0.15, 0.2) is 0 Å². The largest absolute Gasteiger partial charge is 0.383 e. The minimum Gasteiger partial charge on any atom is -0.383 e. The van der Waals surface area contributed by atoms with Crippen molar-refractivity contribution >= 4 is 11.4 Å². The third-order valence-corrected chi connectivity index (χ3v) is 3.54. The zero-order valence-corrected chi connectivity index (χ0v) is 12.0. The van der Waals surface area contributed by atoms with Crippen LogP contribution in [-0.2, 0) is 0 Å². The zero-order valence-electron chi connectivity index (χ0n) is 12.0. The van der Waals surface area contributed by atoms with Crippen molar-refractivity contribution in [2.24, 2.45) is 5.41 Å². The van der Waals surface area contributed by atoms with Gasteiger partial charge in [-0.2, -0.15) is 0 Å². The first-order valence-corrected chi connectivity index (χ1v) is 7.14. The van der Waals surface area contributed by atoms with Gasteiger partial charge < -0.3 is 10.2 Å². The molecule has 1 N–H and O–H groups in total. The minimum absolute atomic E-state index is 0.398. The lowest BCUT2D eigenvalue weighted by molar-refractivity contribution is 0.390. The Kier molecular flexibility index (Phi) is 4.15. The number of rotatable bonds is 4. The van der Waals surface area contributed by atoms with Gasteiger partial charge in [0.1, 0.15) is 0 Å². The van der Waals surface area contributed by atoms with Crippen molar-refractivity contribution < 1.29 is 0 Å². The Hall–Kier alpha value is -1.18. The smallest absolute Gasteiger partial charge is 0.0602 e. The summed E-state index contributed by atoms with van der Waals surface area (Å²) in [5.41, 5.74) is 3.07. The quantitative estimate of drug-likeness (QED) is 0.859. The van der Waals surface area contributed by atoms with Crippen LogP contribution in [0.15, 0.2) is 24.3 Å².